The van der Waals surface area contributed by atoms with Crippen molar-refractivity contribution in [2.45, 2.75) is 25.7 Å². The fourth-order valence-corrected chi connectivity index (χ4v) is 2.71. The number of aryl methyl sites for hydroxylation is 2. The molecular weight excluding hydrogens is 224 g/mol. The molecule has 0 nitrogen and oxygen atoms in total. The van der Waals surface area contributed by atoms with E-state index in [2.05, 4.69) is 40.2 Å². The van der Waals surface area contributed by atoms with Gasteiger partial charge in [-0.1, -0.05) is 40.2 Å². The lowest BCUT2D eigenvalue weighted by Gasteiger charge is -2.07. The fourth-order valence-electron chi connectivity index (χ4n) is 2.06. The van der Waals surface area contributed by atoms with Crippen molar-refractivity contribution in [1.29, 1.82) is 0 Å². The van der Waals surface area contributed by atoms with Crippen LogP contribution in [0.2, 0.25) is 0 Å². The Balaban J connectivity index is 2.17. The summed E-state index contributed by atoms with van der Waals surface area (Å²) in [5.41, 5.74) is 3.15. The van der Waals surface area contributed by atoms with Crippen LogP contribution in [0.3, 0.4) is 0 Å². The summed E-state index contributed by atoms with van der Waals surface area (Å²) >= 11 is 3.59. The zero-order valence-corrected chi connectivity index (χ0v) is 9.39. The van der Waals surface area contributed by atoms with E-state index >= 15 is 0 Å². The van der Waals surface area contributed by atoms with E-state index in [1.165, 1.54) is 31.0 Å². The first-order valence-corrected chi connectivity index (χ1v) is 6.15. The van der Waals surface area contributed by atoms with Crippen LogP contribution in [0.4, 0.5) is 0 Å². The molecule has 1 aliphatic carbocycles. The highest BCUT2D eigenvalue weighted by atomic mass is 79.9. The summed E-state index contributed by atoms with van der Waals surface area (Å²) in [6.07, 6.45) is 5.24. The molecule has 0 amide bonds. The second-order valence-corrected chi connectivity index (χ2v) is 4.51. The van der Waals surface area contributed by atoms with Crippen LogP contribution in [-0.2, 0) is 12.8 Å². The van der Waals surface area contributed by atoms with Gasteiger partial charge in [-0.15, -0.1) is 0 Å². The summed E-state index contributed by atoms with van der Waals surface area (Å²) in [7, 11) is 0. The SMILES string of the molecule is BrCC1CCc2ccccc2CC1. The maximum Gasteiger partial charge on any atom is 0.00599 e. The van der Waals surface area contributed by atoms with E-state index in [4.69, 9.17) is 0 Å². The Morgan fingerprint density at radius 3 is 2.08 bits per heavy atom. The van der Waals surface area contributed by atoms with Crippen molar-refractivity contribution in [3.8, 4) is 0 Å². The standard InChI is InChI=1S/C12H15Br/c13-9-10-5-7-11-3-1-2-4-12(11)8-6-10/h1-4,10H,5-9H2. The minimum Gasteiger partial charge on any atom is -0.0925 e. The molecule has 0 N–H and O–H groups in total. The van der Waals surface area contributed by atoms with Gasteiger partial charge in [-0.05, 0) is 42.7 Å². The Kier molecular flexibility index (Phi) is 3.05. The van der Waals surface area contributed by atoms with Gasteiger partial charge in [0, 0.05) is 5.33 Å². The average molecular weight is 239 g/mol. The van der Waals surface area contributed by atoms with Crippen LogP contribution in [-0.4, -0.2) is 5.33 Å². The molecule has 1 aromatic carbocycles. The summed E-state index contributed by atoms with van der Waals surface area (Å²) < 4.78 is 0. The van der Waals surface area contributed by atoms with Crippen LogP contribution in [0.25, 0.3) is 0 Å². The van der Waals surface area contributed by atoms with Crippen LogP contribution in [0.15, 0.2) is 24.3 Å². The van der Waals surface area contributed by atoms with E-state index in [9.17, 15) is 0 Å². The van der Waals surface area contributed by atoms with Gasteiger partial charge in [-0.25, -0.2) is 0 Å². The van der Waals surface area contributed by atoms with Gasteiger partial charge in [0.2, 0.25) is 0 Å². The van der Waals surface area contributed by atoms with E-state index in [1.807, 2.05) is 0 Å². The Morgan fingerprint density at radius 1 is 1.08 bits per heavy atom. The van der Waals surface area contributed by atoms with E-state index in [0.29, 0.717) is 0 Å². The smallest absolute Gasteiger partial charge is 0.00599 e. The van der Waals surface area contributed by atoms with Gasteiger partial charge in [0.05, 0.1) is 0 Å². The first-order chi connectivity index (χ1) is 6.40. The molecule has 0 radical (unpaired) electrons. The average Bonchev–Trinajstić information content (AvgIpc) is 2.39. The van der Waals surface area contributed by atoms with Gasteiger partial charge >= 0.3 is 0 Å². The lowest BCUT2D eigenvalue weighted by Crippen LogP contribution is -2.01. The van der Waals surface area contributed by atoms with E-state index < -0.39 is 0 Å². The van der Waals surface area contributed by atoms with Gasteiger partial charge in [0.25, 0.3) is 0 Å². The van der Waals surface area contributed by atoms with Crippen molar-refractivity contribution in [3.05, 3.63) is 35.4 Å². The molecule has 70 valence electrons. The lowest BCUT2D eigenvalue weighted by atomic mass is 10.0. The van der Waals surface area contributed by atoms with Crippen molar-refractivity contribution in [2.24, 2.45) is 5.92 Å². The fraction of sp³-hybridized carbons (Fsp3) is 0.500. The normalized spacial score (nSPS) is 17.9. The van der Waals surface area contributed by atoms with E-state index in [1.54, 1.807) is 11.1 Å². The molecule has 0 fully saturated rings. The molecular formula is C12H15Br. The van der Waals surface area contributed by atoms with Crippen LogP contribution >= 0.6 is 15.9 Å². The molecule has 2 rings (SSSR count). The monoisotopic (exact) mass is 238 g/mol. The molecule has 0 saturated carbocycles. The predicted molar refractivity (Wildman–Crippen MR) is 60.4 cm³/mol. The van der Waals surface area contributed by atoms with Crippen LogP contribution in [0.5, 0.6) is 0 Å². The first kappa shape index (κ1) is 9.26. The molecule has 0 heterocycles. The third kappa shape index (κ3) is 2.14. The maximum atomic E-state index is 3.59. The zero-order valence-electron chi connectivity index (χ0n) is 7.80. The third-order valence-electron chi connectivity index (χ3n) is 2.98. The van der Waals surface area contributed by atoms with Crippen LogP contribution in [0.1, 0.15) is 24.0 Å². The Hall–Kier alpha value is -0.300. The summed E-state index contributed by atoms with van der Waals surface area (Å²) in [5, 5.41) is 1.17. The van der Waals surface area contributed by atoms with Crippen molar-refractivity contribution >= 4 is 15.9 Å². The van der Waals surface area contributed by atoms with Crippen molar-refractivity contribution in [2.75, 3.05) is 5.33 Å². The summed E-state index contributed by atoms with van der Waals surface area (Å²) in [6.45, 7) is 0. The molecule has 0 atom stereocenters. The Morgan fingerprint density at radius 2 is 1.62 bits per heavy atom. The minimum atomic E-state index is 0.882. The van der Waals surface area contributed by atoms with Crippen LogP contribution < -0.4 is 0 Å². The lowest BCUT2D eigenvalue weighted by molar-refractivity contribution is 0.521. The Bertz CT molecular complexity index is 253. The minimum absolute atomic E-state index is 0.882. The molecule has 1 heteroatoms. The number of benzene rings is 1. The van der Waals surface area contributed by atoms with Gasteiger partial charge < -0.3 is 0 Å². The molecule has 0 aliphatic heterocycles. The van der Waals surface area contributed by atoms with Crippen molar-refractivity contribution in [1.82, 2.24) is 0 Å². The summed E-state index contributed by atoms with van der Waals surface area (Å²) in [5.74, 6) is 0.882. The molecule has 0 spiro atoms. The highest BCUT2D eigenvalue weighted by Crippen LogP contribution is 2.25. The third-order valence-corrected chi connectivity index (χ3v) is 3.90. The molecule has 1 aliphatic rings. The number of hydrogen-bond donors (Lipinski definition) is 0. The molecule has 0 saturated heterocycles. The second kappa shape index (κ2) is 4.28. The quantitative estimate of drug-likeness (QED) is 0.519. The van der Waals surface area contributed by atoms with Gasteiger partial charge in [0.15, 0.2) is 0 Å². The Labute approximate surface area is 88.5 Å². The van der Waals surface area contributed by atoms with Gasteiger partial charge in [-0.3, -0.25) is 0 Å². The largest absolute Gasteiger partial charge is 0.0925 e. The highest BCUT2D eigenvalue weighted by Gasteiger charge is 2.14. The first-order valence-electron chi connectivity index (χ1n) is 5.03. The summed E-state index contributed by atoms with van der Waals surface area (Å²) in [6, 6.07) is 8.89. The number of hydrogen-bond acceptors (Lipinski definition) is 0. The number of halogens is 1. The topological polar surface area (TPSA) is 0 Å². The molecule has 0 bridgehead atoms. The molecule has 1 aromatic rings. The van der Waals surface area contributed by atoms with Crippen molar-refractivity contribution in [3.63, 3.8) is 0 Å². The number of alkyl halides is 1. The van der Waals surface area contributed by atoms with Gasteiger partial charge in [0.1, 0.15) is 0 Å². The molecule has 13 heavy (non-hydrogen) atoms. The number of rotatable bonds is 1. The zero-order chi connectivity index (χ0) is 9.10. The predicted octanol–water partition coefficient (Wildman–Crippen LogP) is 3.58. The number of fused-ring (bicyclic) bond motifs is 1. The van der Waals surface area contributed by atoms with Gasteiger partial charge in [-0.2, -0.15) is 0 Å². The highest BCUT2D eigenvalue weighted by molar-refractivity contribution is 9.09. The van der Waals surface area contributed by atoms with Crippen molar-refractivity contribution < 1.29 is 0 Å². The van der Waals surface area contributed by atoms with Crippen LogP contribution in [0, 0.1) is 5.92 Å². The van der Waals surface area contributed by atoms with E-state index in [-0.39, 0.29) is 0 Å². The van der Waals surface area contributed by atoms with E-state index in [0.717, 1.165) is 5.92 Å². The summed E-state index contributed by atoms with van der Waals surface area (Å²) in [4.78, 5) is 0. The molecule has 0 aromatic heterocycles. The second-order valence-electron chi connectivity index (χ2n) is 3.87. The maximum absolute atomic E-state index is 3.59. The molecule has 0 unspecified atom stereocenters.